The lowest BCUT2D eigenvalue weighted by Crippen LogP contribution is -2.13. The SMILES string of the molecule is CC[C@@H](C)c1ccc(S(=O)(=O)Nc2ccc([N+](=O)[O-])cc2O)cc1. The molecular formula is C16H18N2O5S. The first-order valence-electron chi connectivity index (χ1n) is 7.34. The van der Waals surface area contributed by atoms with Gasteiger partial charge in [-0.1, -0.05) is 26.0 Å². The number of aromatic hydroxyl groups is 1. The van der Waals surface area contributed by atoms with Gasteiger partial charge in [0.1, 0.15) is 5.75 Å². The predicted octanol–water partition coefficient (Wildman–Crippen LogP) is 3.61. The second-order valence-electron chi connectivity index (χ2n) is 5.44. The van der Waals surface area contributed by atoms with Gasteiger partial charge in [0, 0.05) is 6.07 Å². The third-order valence-electron chi connectivity index (χ3n) is 3.81. The minimum Gasteiger partial charge on any atom is -0.505 e. The van der Waals surface area contributed by atoms with Gasteiger partial charge in [0.2, 0.25) is 0 Å². The Morgan fingerprint density at radius 2 is 1.83 bits per heavy atom. The summed E-state index contributed by atoms with van der Waals surface area (Å²) in [5, 5.41) is 20.4. The number of anilines is 1. The molecule has 2 rings (SSSR count). The monoisotopic (exact) mass is 350 g/mol. The summed E-state index contributed by atoms with van der Waals surface area (Å²) in [6, 6.07) is 9.64. The van der Waals surface area contributed by atoms with E-state index in [4.69, 9.17) is 0 Å². The van der Waals surface area contributed by atoms with E-state index in [0.717, 1.165) is 30.2 Å². The molecule has 0 aliphatic heterocycles. The van der Waals surface area contributed by atoms with Gasteiger partial charge in [0.25, 0.3) is 15.7 Å². The number of nitro groups is 1. The molecule has 0 heterocycles. The van der Waals surface area contributed by atoms with Crippen LogP contribution in [0.15, 0.2) is 47.4 Å². The molecule has 0 fully saturated rings. The van der Waals surface area contributed by atoms with E-state index in [1.54, 1.807) is 12.1 Å². The van der Waals surface area contributed by atoms with Crippen molar-refractivity contribution in [3.8, 4) is 5.75 Å². The van der Waals surface area contributed by atoms with Crippen LogP contribution in [0, 0.1) is 10.1 Å². The third kappa shape index (κ3) is 3.83. The Morgan fingerprint density at radius 1 is 1.21 bits per heavy atom. The maximum Gasteiger partial charge on any atom is 0.273 e. The third-order valence-corrected chi connectivity index (χ3v) is 5.19. The summed E-state index contributed by atoms with van der Waals surface area (Å²) >= 11 is 0. The second kappa shape index (κ2) is 6.88. The zero-order chi connectivity index (χ0) is 17.9. The molecule has 0 spiro atoms. The van der Waals surface area contributed by atoms with E-state index in [-0.39, 0.29) is 16.3 Å². The number of hydrogen-bond donors (Lipinski definition) is 2. The zero-order valence-corrected chi connectivity index (χ0v) is 14.1. The molecule has 2 aromatic carbocycles. The second-order valence-corrected chi connectivity index (χ2v) is 7.12. The first-order chi connectivity index (χ1) is 11.2. The van der Waals surface area contributed by atoms with E-state index in [2.05, 4.69) is 11.6 Å². The lowest BCUT2D eigenvalue weighted by atomic mass is 9.99. The van der Waals surface area contributed by atoms with Gasteiger partial charge >= 0.3 is 0 Å². The molecule has 0 aliphatic carbocycles. The average molecular weight is 350 g/mol. The fourth-order valence-corrected chi connectivity index (χ4v) is 3.21. The zero-order valence-electron chi connectivity index (χ0n) is 13.3. The van der Waals surface area contributed by atoms with Crippen LogP contribution in [0.1, 0.15) is 31.7 Å². The highest BCUT2D eigenvalue weighted by Crippen LogP contribution is 2.30. The van der Waals surface area contributed by atoms with E-state index in [1.807, 2.05) is 6.92 Å². The first-order valence-corrected chi connectivity index (χ1v) is 8.83. The standard InChI is InChI=1S/C16H18N2O5S/c1-3-11(2)12-4-7-14(8-5-12)24(22,23)17-15-9-6-13(18(20)21)10-16(15)19/h4-11,17,19H,3H2,1-2H3/t11-/m1/s1. The highest BCUT2D eigenvalue weighted by molar-refractivity contribution is 7.92. The van der Waals surface area contributed by atoms with Gasteiger partial charge in [-0.25, -0.2) is 8.42 Å². The maximum absolute atomic E-state index is 12.4. The predicted molar refractivity (Wildman–Crippen MR) is 90.7 cm³/mol. The van der Waals surface area contributed by atoms with Crippen molar-refractivity contribution in [1.82, 2.24) is 0 Å². The topological polar surface area (TPSA) is 110 Å². The van der Waals surface area contributed by atoms with Crippen molar-refractivity contribution >= 4 is 21.4 Å². The summed E-state index contributed by atoms with van der Waals surface area (Å²) in [5.74, 6) is -0.183. The summed E-state index contributed by atoms with van der Waals surface area (Å²) < 4.78 is 27.0. The van der Waals surface area contributed by atoms with Crippen LogP contribution in [0.5, 0.6) is 5.75 Å². The normalized spacial score (nSPS) is 12.6. The Labute approximate surface area is 140 Å². The number of nitrogens with zero attached hydrogens (tertiary/aromatic N) is 1. The largest absolute Gasteiger partial charge is 0.505 e. The van der Waals surface area contributed by atoms with E-state index in [0.29, 0.717) is 5.92 Å². The maximum atomic E-state index is 12.4. The molecule has 0 aliphatic rings. The van der Waals surface area contributed by atoms with E-state index in [1.165, 1.54) is 12.1 Å². The number of non-ortho nitro benzene ring substituents is 1. The summed E-state index contributed by atoms with van der Waals surface area (Å²) in [7, 11) is -3.90. The van der Waals surface area contributed by atoms with Crippen LogP contribution < -0.4 is 4.72 Å². The van der Waals surface area contributed by atoms with Gasteiger partial charge in [0.05, 0.1) is 21.6 Å². The lowest BCUT2D eigenvalue weighted by Gasteiger charge is -2.12. The first kappa shape index (κ1) is 17.7. The lowest BCUT2D eigenvalue weighted by molar-refractivity contribution is -0.384. The fourth-order valence-electron chi connectivity index (χ4n) is 2.13. The summed E-state index contributed by atoms with van der Waals surface area (Å²) in [4.78, 5) is 10.0. The van der Waals surface area contributed by atoms with Crippen LogP contribution in [0.25, 0.3) is 0 Å². The average Bonchev–Trinajstić information content (AvgIpc) is 2.55. The highest BCUT2D eigenvalue weighted by Gasteiger charge is 2.18. The molecular weight excluding hydrogens is 332 g/mol. The van der Waals surface area contributed by atoms with Gasteiger partial charge in [0.15, 0.2) is 0 Å². The fraction of sp³-hybridized carbons (Fsp3) is 0.250. The number of phenols is 1. The number of benzene rings is 2. The van der Waals surface area contributed by atoms with Crippen LogP contribution in [-0.4, -0.2) is 18.4 Å². The number of nitro benzene ring substituents is 1. The number of sulfonamides is 1. The van der Waals surface area contributed by atoms with Gasteiger partial charge in [-0.3, -0.25) is 14.8 Å². The molecule has 24 heavy (non-hydrogen) atoms. The Morgan fingerprint density at radius 3 is 2.33 bits per heavy atom. The van der Waals surface area contributed by atoms with Gasteiger partial charge < -0.3 is 5.11 Å². The molecule has 128 valence electrons. The molecule has 7 nitrogen and oxygen atoms in total. The molecule has 0 amide bonds. The van der Waals surface area contributed by atoms with Crippen molar-refractivity contribution in [3.05, 3.63) is 58.1 Å². The van der Waals surface area contributed by atoms with Crippen LogP contribution in [0.4, 0.5) is 11.4 Å². The van der Waals surface area contributed by atoms with E-state index < -0.39 is 20.7 Å². The molecule has 0 saturated heterocycles. The van der Waals surface area contributed by atoms with Crippen LogP contribution in [0.3, 0.4) is 0 Å². The Bertz CT molecular complexity index is 847. The summed E-state index contributed by atoms with van der Waals surface area (Å²) in [6.07, 6.45) is 0.945. The molecule has 8 heteroatoms. The highest BCUT2D eigenvalue weighted by atomic mass is 32.2. The quantitative estimate of drug-likeness (QED) is 0.470. The van der Waals surface area contributed by atoms with Gasteiger partial charge in [-0.15, -0.1) is 0 Å². The molecule has 1 atom stereocenters. The van der Waals surface area contributed by atoms with Crippen LogP contribution in [-0.2, 0) is 10.0 Å². The van der Waals surface area contributed by atoms with Crippen LogP contribution >= 0.6 is 0 Å². The minimum atomic E-state index is -3.90. The van der Waals surface area contributed by atoms with Crippen molar-refractivity contribution in [2.45, 2.75) is 31.1 Å². The molecule has 0 radical (unpaired) electrons. The van der Waals surface area contributed by atoms with Gasteiger partial charge in [-0.2, -0.15) is 0 Å². The smallest absolute Gasteiger partial charge is 0.273 e. The summed E-state index contributed by atoms with van der Waals surface area (Å²) in [5.41, 5.74) is 0.592. The Balaban J connectivity index is 2.27. The van der Waals surface area contributed by atoms with Crippen molar-refractivity contribution < 1.29 is 18.4 Å². The van der Waals surface area contributed by atoms with Crippen molar-refractivity contribution in [1.29, 1.82) is 0 Å². The minimum absolute atomic E-state index is 0.0484. The van der Waals surface area contributed by atoms with Crippen molar-refractivity contribution in [2.24, 2.45) is 0 Å². The molecule has 0 aromatic heterocycles. The Hall–Kier alpha value is -2.61. The van der Waals surface area contributed by atoms with Crippen LogP contribution in [0.2, 0.25) is 0 Å². The molecule has 0 unspecified atom stereocenters. The number of rotatable bonds is 6. The number of nitrogens with one attached hydrogen (secondary N) is 1. The van der Waals surface area contributed by atoms with E-state index in [9.17, 15) is 23.6 Å². The molecule has 0 bridgehead atoms. The number of hydrogen-bond acceptors (Lipinski definition) is 5. The Kier molecular flexibility index (Phi) is 5.08. The van der Waals surface area contributed by atoms with E-state index >= 15 is 0 Å². The molecule has 2 N–H and O–H groups in total. The van der Waals surface area contributed by atoms with Crippen molar-refractivity contribution in [2.75, 3.05) is 4.72 Å². The summed E-state index contributed by atoms with van der Waals surface area (Å²) in [6.45, 7) is 4.10. The van der Waals surface area contributed by atoms with Crippen molar-refractivity contribution in [3.63, 3.8) is 0 Å². The molecule has 2 aromatic rings. The van der Waals surface area contributed by atoms with Gasteiger partial charge in [-0.05, 0) is 36.1 Å². The molecule has 0 saturated carbocycles. The number of phenolic OH excluding ortho intramolecular Hbond substituents is 1.